The second kappa shape index (κ2) is 14.3. The van der Waals surface area contributed by atoms with Gasteiger partial charge in [-0.1, -0.05) is 76.8 Å². The number of halogens is 9. The largest absolute Gasteiger partial charge is 0.207 e. The minimum atomic E-state index is -1.07. The average molecular weight is 718 g/mol. The fourth-order valence-corrected chi connectivity index (χ4v) is 5.65. The van der Waals surface area contributed by atoms with Gasteiger partial charge in [0.1, 0.15) is 34.9 Å². The highest BCUT2D eigenvalue weighted by Gasteiger charge is 2.25. The first-order valence-corrected chi connectivity index (χ1v) is 15.1. The summed E-state index contributed by atoms with van der Waals surface area (Å²) in [4.78, 5) is 0. The minimum absolute atomic E-state index is 0.0153. The highest BCUT2D eigenvalue weighted by atomic mass is 35.5. The third kappa shape index (κ3) is 7.16. The summed E-state index contributed by atoms with van der Waals surface area (Å²) in [5.41, 5.74) is 3.26. The molecule has 13 heteroatoms. The summed E-state index contributed by atoms with van der Waals surface area (Å²) in [6.07, 6.45) is 0. The fourth-order valence-electron chi connectivity index (χ4n) is 5.07. The maximum Gasteiger partial charge on any atom is 0.160 e. The van der Waals surface area contributed by atoms with Crippen molar-refractivity contribution in [1.82, 2.24) is 20.4 Å². The highest BCUT2D eigenvalue weighted by molar-refractivity contribution is 6.33. The normalized spacial score (nSPS) is 10.9. The topological polar surface area (TPSA) is 51.6 Å². The molecule has 0 N–H and O–H groups in total. The molecule has 2 aromatic heterocycles. The molecule has 6 rings (SSSR count). The van der Waals surface area contributed by atoms with Gasteiger partial charge in [0, 0.05) is 51.5 Å². The van der Waals surface area contributed by atoms with Gasteiger partial charge in [0.15, 0.2) is 10.3 Å². The Morgan fingerprint density at radius 1 is 0.417 bits per heavy atom. The molecule has 4 aromatic carbocycles. The zero-order chi connectivity index (χ0) is 34.9. The highest BCUT2D eigenvalue weighted by Crippen LogP contribution is 2.42. The fraction of sp³-hybridized carbons (Fsp3) is 0.0857. The van der Waals surface area contributed by atoms with Gasteiger partial charge in [0.25, 0.3) is 0 Å². The van der Waals surface area contributed by atoms with Crippen LogP contribution >= 0.6 is 34.8 Å². The lowest BCUT2D eigenvalue weighted by Gasteiger charge is -2.15. The van der Waals surface area contributed by atoms with Gasteiger partial charge < -0.3 is 0 Å². The lowest BCUT2D eigenvalue weighted by atomic mass is 9.94. The van der Waals surface area contributed by atoms with Crippen molar-refractivity contribution < 1.29 is 26.3 Å². The first-order chi connectivity index (χ1) is 22.8. The van der Waals surface area contributed by atoms with Crippen LogP contribution < -0.4 is 0 Å². The number of nitrogens with zero attached hydrogens (tertiary/aromatic N) is 4. The molecule has 0 saturated carbocycles. The smallest absolute Gasteiger partial charge is 0.160 e. The molecule has 6 aromatic rings. The Balaban J connectivity index is 0.000000188. The van der Waals surface area contributed by atoms with E-state index in [1.165, 1.54) is 0 Å². The van der Waals surface area contributed by atoms with Crippen LogP contribution in [-0.4, -0.2) is 20.4 Å². The van der Waals surface area contributed by atoms with Crippen molar-refractivity contribution in [2.75, 3.05) is 0 Å². The molecule has 0 bridgehead atoms. The molecule has 48 heavy (non-hydrogen) atoms. The molecule has 0 aliphatic rings. The lowest BCUT2D eigenvalue weighted by Crippen LogP contribution is -2.01. The van der Waals surface area contributed by atoms with E-state index in [2.05, 4.69) is 20.4 Å². The summed E-state index contributed by atoms with van der Waals surface area (Å²) in [5, 5.41) is 15.5. The molecule has 0 spiro atoms. The molecule has 0 aliphatic heterocycles. The van der Waals surface area contributed by atoms with E-state index in [0.29, 0.717) is 62.9 Å². The van der Waals surface area contributed by atoms with E-state index >= 15 is 0 Å². The Labute approximate surface area is 286 Å². The van der Waals surface area contributed by atoms with Crippen LogP contribution in [0, 0.1) is 55.7 Å². The van der Waals surface area contributed by atoms with Gasteiger partial charge in [0.2, 0.25) is 0 Å². The monoisotopic (exact) mass is 716 g/mol. The van der Waals surface area contributed by atoms with Crippen molar-refractivity contribution >= 4 is 34.8 Å². The summed E-state index contributed by atoms with van der Waals surface area (Å²) in [7, 11) is 0. The van der Waals surface area contributed by atoms with Crippen molar-refractivity contribution in [3.05, 3.63) is 140 Å². The van der Waals surface area contributed by atoms with Gasteiger partial charge in [-0.15, -0.1) is 10.2 Å². The lowest BCUT2D eigenvalue weighted by molar-refractivity contribution is 0.547. The summed E-state index contributed by atoms with van der Waals surface area (Å²) in [5.74, 6) is -6.25. The number of benzene rings is 4. The van der Waals surface area contributed by atoms with Crippen LogP contribution in [0.2, 0.25) is 15.3 Å². The summed E-state index contributed by atoms with van der Waals surface area (Å²) in [6.45, 7) is 5.23. The van der Waals surface area contributed by atoms with Crippen LogP contribution in [0.1, 0.15) is 17.0 Å². The van der Waals surface area contributed by atoms with Crippen LogP contribution in [0.5, 0.6) is 0 Å². The molecule has 0 saturated heterocycles. The van der Waals surface area contributed by atoms with Gasteiger partial charge in [-0.3, -0.25) is 0 Å². The average Bonchev–Trinajstić information content (AvgIpc) is 3.01. The third-order valence-electron chi connectivity index (χ3n) is 7.20. The molecular formula is C35H21Cl3F6N4. The molecule has 0 fully saturated rings. The summed E-state index contributed by atoms with van der Waals surface area (Å²) < 4.78 is 83.5. The number of hydrogen-bond acceptors (Lipinski definition) is 4. The Morgan fingerprint density at radius 2 is 0.750 bits per heavy atom. The molecular weight excluding hydrogens is 697 g/mol. The minimum Gasteiger partial charge on any atom is -0.207 e. The summed E-state index contributed by atoms with van der Waals surface area (Å²) in [6, 6.07) is 16.4. The van der Waals surface area contributed by atoms with Gasteiger partial charge in [0.05, 0.1) is 22.5 Å². The Kier molecular flexibility index (Phi) is 10.4. The van der Waals surface area contributed by atoms with Crippen LogP contribution in [0.25, 0.3) is 44.5 Å². The number of aromatic nitrogens is 4. The maximum atomic E-state index is 14.3. The van der Waals surface area contributed by atoms with E-state index < -0.39 is 46.0 Å². The number of hydrogen-bond donors (Lipinski definition) is 0. The van der Waals surface area contributed by atoms with Crippen LogP contribution in [-0.2, 0) is 0 Å². The van der Waals surface area contributed by atoms with Crippen molar-refractivity contribution in [3.63, 3.8) is 0 Å². The molecule has 2 heterocycles. The van der Waals surface area contributed by atoms with Crippen molar-refractivity contribution in [3.8, 4) is 44.5 Å². The molecule has 4 nitrogen and oxygen atoms in total. The SMILES string of the molecule is Cc1ccc(-c2c(C)nnc(Cl)c2-c2c(F)cc(F)cc2F)cc1.Cc1nnc(Cl)c(-c2c(F)cc(F)cc2F)c1-c1ccc(Cl)cc1. The summed E-state index contributed by atoms with van der Waals surface area (Å²) >= 11 is 18.1. The number of rotatable bonds is 4. The predicted molar refractivity (Wildman–Crippen MR) is 175 cm³/mol. The van der Waals surface area contributed by atoms with E-state index in [-0.39, 0.29) is 21.4 Å². The molecule has 244 valence electrons. The van der Waals surface area contributed by atoms with Gasteiger partial charge in [-0.25, -0.2) is 26.3 Å². The van der Waals surface area contributed by atoms with E-state index in [9.17, 15) is 26.3 Å². The molecule has 0 aliphatic carbocycles. The zero-order valence-corrected chi connectivity index (χ0v) is 27.4. The quantitative estimate of drug-likeness (QED) is 0.170. The second-order valence-electron chi connectivity index (χ2n) is 10.5. The maximum absolute atomic E-state index is 14.3. The van der Waals surface area contributed by atoms with E-state index in [1.54, 1.807) is 50.2 Å². The van der Waals surface area contributed by atoms with Gasteiger partial charge in [-0.05, 0) is 44.0 Å². The first-order valence-electron chi connectivity index (χ1n) is 13.9. The van der Waals surface area contributed by atoms with Crippen molar-refractivity contribution in [2.24, 2.45) is 0 Å². The first kappa shape index (κ1) is 34.8. The Hall–Kier alpha value is -4.51. The number of aryl methyl sites for hydroxylation is 3. The third-order valence-corrected chi connectivity index (χ3v) is 7.98. The van der Waals surface area contributed by atoms with Crippen LogP contribution in [0.15, 0.2) is 72.8 Å². The van der Waals surface area contributed by atoms with Crippen LogP contribution in [0.3, 0.4) is 0 Å². The van der Waals surface area contributed by atoms with E-state index in [1.807, 2.05) is 19.1 Å². The molecule has 0 atom stereocenters. The van der Waals surface area contributed by atoms with Gasteiger partial charge >= 0.3 is 0 Å². The Bertz CT molecular complexity index is 1960. The van der Waals surface area contributed by atoms with E-state index in [0.717, 1.165) is 5.56 Å². The second-order valence-corrected chi connectivity index (χ2v) is 11.7. The van der Waals surface area contributed by atoms with E-state index in [4.69, 9.17) is 34.8 Å². The standard InChI is InChI=1S/C18H12ClF3N2.C17H9Cl2F3N2/c1-9-3-5-11(6-4-9)15-10(2)23-24-18(19)17(15)16-13(21)7-12(20)8-14(16)22;1-8-14(9-2-4-10(18)5-3-9)16(17(19)24-23-8)15-12(21)6-11(20)7-13(15)22/h3-8H,1-2H3;2-7H,1H3. The zero-order valence-electron chi connectivity index (χ0n) is 25.1. The molecule has 0 amide bonds. The molecule has 0 radical (unpaired) electrons. The van der Waals surface area contributed by atoms with Crippen LogP contribution in [0.4, 0.5) is 26.3 Å². The Morgan fingerprint density at radius 3 is 1.10 bits per heavy atom. The van der Waals surface area contributed by atoms with Crippen molar-refractivity contribution in [2.45, 2.75) is 20.8 Å². The predicted octanol–water partition coefficient (Wildman–Crippen LogP) is 11.3. The molecule has 0 unspecified atom stereocenters. The van der Waals surface area contributed by atoms with Gasteiger partial charge in [-0.2, -0.15) is 10.2 Å². The van der Waals surface area contributed by atoms with Crippen molar-refractivity contribution in [1.29, 1.82) is 0 Å².